The monoisotopic (exact) mass is 205 g/mol. The Bertz CT molecular complexity index is 337. The molecule has 1 saturated heterocycles. The predicted molar refractivity (Wildman–Crippen MR) is 57.4 cm³/mol. The molecule has 0 N–H and O–H groups in total. The maximum absolute atomic E-state index is 11.4. The Kier molecular flexibility index (Phi) is 3.02. The van der Waals surface area contributed by atoms with Crippen LogP contribution in [0.4, 0.5) is 0 Å². The second-order valence-electron chi connectivity index (χ2n) is 3.79. The first kappa shape index (κ1) is 10.2. The number of ether oxygens (including phenoxy) is 1. The first-order valence-corrected chi connectivity index (χ1v) is 5.18. The van der Waals surface area contributed by atoms with Crippen molar-refractivity contribution >= 4 is 5.91 Å². The van der Waals surface area contributed by atoms with Crippen molar-refractivity contribution < 1.29 is 9.53 Å². The topological polar surface area (TPSA) is 29.5 Å². The van der Waals surface area contributed by atoms with Crippen molar-refractivity contribution in [1.82, 2.24) is 4.90 Å². The van der Waals surface area contributed by atoms with Crippen molar-refractivity contribution in [2.45, 2.75) is 12.5 Å². The van der Waals surface area contributed by atoms with Crippen LogP contribution in [0, 0.1) is 0 Å². The molecular weight excluding hydrogens is 190 g/mol. The van der Waals surface area contributed by atoms with Gasteiger partial charge in [-0.2, -0.15) is 0 Å². The van der Waals surface area contributed by atoms with Crippen LogP contribution in [0.1, 0.15) is 18.1 Å². The van der Waals surface area contributed by atoms with Crippen molar-refractivity contribution in [3.8, 4) is 0 Å². The highest BCUT2D eigenvalue weighted by Gasteiger charge is 2.21. The Morgan fingerprint density at radius 3 is 2.80 bits per heavy atom. The van der Waals surface area contributed by atoms with Crippen LogP contribution >= 0.6 is 0 Å². The van der Waals surface area contributed by atoms with E-state index in [-0.39, 0.29) is 12.0 Å². The van der Waals surface area contributed by atoms with E-state index in [4.69, 9.17) is 4.74 Å². The fourth-order valence-electron chi connectivity index (χ4n) is 1.75. The molecule has 3 heteroatoms. The number of carbonyl (C=O) groups excluding carboxylic acids is 1. The minimum atomic E-state index is 0.0163. The van der Waals surface area contributed by atoms with E-state index in [1.54, 1.807) is 4.90 Å². The van der Waals surface area contributed by atoms with Gasteiger partial charge in [0.25, 0.3) is 0 Å². The van der Waals surface area contributed by atoms with Gasteiger partial charge in [-0.25, -0.2) is 0 Å². The number of hydrogen-bond acceptors (Lipinski definition) is 2. The Labute approximate surface area is 89.7 Å². The Morgan fingerprint density at radius 2 is 2.07 bits per heavy atom. The van der Waals surface area contributed by atoms with Gasteiger partial charge in [-0.15, -0.1) is 0 Å². The molecule has 15 heavy (non-hydrogen) atoms. The van der Waals surface area contributed by atoms with Crippen LogP contribution in [-0.4, -0.2) is 31.0 Å². The number of amides is 1. The van der Waals surface area contributed by atoms with Crippen LogP contribution in [-0.2, 0) is 9.53 Å². The van der Waals surface area contributed by atoms with E-state index in [1.165, 1.54) is 0 Å². The number of rotatable bonds is 1. The van der Waals surface area contributed by atoms with Crippen molar-refractivity contribution in [1.29, 1.82) is 0 Å². The normalized spacial score (nSPS) is 22.6. The highest BCUT2D eigenvalue weighted by atomic mass is 16.5. The zero-order valence-corrected chi connectivity index (χ0v) is 8.85. The third-order valence-electron chi connectivity index (χ3n) is 2.67. The summed E-state index contributed by atoms with van der Waals surface area (Å²) in [6, 6.07) is 10.0. The Hall–Kier alpha value is -1.35. The van der Waals surface area contributed by atoms with Gasteiger partial charge in [-0.3, -0.25) is 4.79 Å². The average Bonchev–Trinajstić information content (AvgIpc) is 2.43. The molecule has 1 aliphatic rings. The summed E-state index contributed by atoms with van der Waals surface area (Å²) in [5.41, 5.74) is 1.14. The number of benzene rings is 1. The molecule has 0 aliphatic carbocycles. The van der Waals surface area contributed by atoms with E-state index in [1.807, 2.05) is 37.4 Å². The van der Waals surface area contributed by atoms with Gasteiger partial charge in [0, 0.05) is 7.05 Å². The van der Waals surface area contributed by atoms with Crippen LogP contribution in [0.25, 0.3) is 0 Å². The Balaban J connectivity index is 2.13. The lowest BCUT2D eigenvalue weighted by Gasteiger charge is -2.20. The largest absolute Gasteiger partial charge is 0.371 e. The van der Waals surface area contributed by atoms with E-state index in [2.05, 4.69) is 0 Å². The molecule has 1 heterocycles. The summed E-state index contributed by atoms with van der Waals surface area (Å²) in [6.07, 6.45) is 0.502. The standard InChI is InChI=1S/C12H15NO2/c1-13-9-11(15-8-7-12(13)14)10-5-3-2-4-6-10/h2-6,11H,7-9H2,1H3/t11-/m1/s1. The lowest BCUT2D eigenvalue weighted by molar-refractivity contribution is -0.129. The highest BCUT2D eigenvalue weighted by Crippen LogP contribution is 2.20. The number of likely N-dealkylation sites (N-methyl/N-ethyl adjacent to an activating group) is 1. The van der Waals surface area contributed by atoms with Crippen LogP contribution in [0.3, 0.4) is 0 Å². The SMILES string of the molecule is CN1C[C@H](c2ccccc2)OCCC1=O. The molecule has 0 radical (unpaired) electrons. The molecule has 0 aromatic heterocycles. The van der Waals surface area contributed by atoms with Gasteiger partial charge < -0.3 is 9.64 Å². The number of nitrogens with zero attached hydrogens (tertiary/aromatic N) is 1. The van der Waals surface area contributed by atoms with Crippen LogP contribution in [0.5, 0.6) is 0 Å². The smallest absolute Gasteiger partial charge is 0.224 e. The van der Waals surface area contributed by atoms with Crippen LogP contribution in [0.2, 0.25) is 0 Å². The summed E-state index contributed by atoms with van der Waals surface area (Å²) in [5.74, 6) is 0.161. The van der Waals surface area contributed by atoms with E-state index < -0.39 is 0 Å². The third-order valence-corrected chi connectivity index (χ3v) is 2.67. The minimum Gasteiger partial charge on any atom is -0.371 e. The number of hydrogen-bond donors (Lipinski definition) is 0. The molecule has 1 aromatic carbocycles. The van der Waals surface area contributed by atoms with Crippen LogP contribution < -0.4 is 0 Å². The van der Waals surface area contributed by atoms with Crippen LogP contribution in [0.15, 0.2) is 30.3 Å². The molecule has 1 fully saturated rings. The lowest BCUT2D eigenvalue weighted by Crippen LogP contribution is -2.28. The predicted octanol–water partition coefficient (Wildman–Crippen LogP) is 1.61. The molecule has 0 saturated carbocycles. The molecule has 1 atom stereocenters. The number of carbonyl (C=O) groups is 1. The first-order valence-electron chi connectivity index (χ1n) is 5.18. The summed E-state index contributed by atoms with van der Waals surface area (Å²) in [5, 5.41) is 0. The molecule has 1 aliphatic heterocycles. The van der Waals surface area contributed by atoms with Crippen molar-refractivity contribution in [3.63, 3.8) is 0 Å². The van der Waals surface area contributed by atoms with Gasteiger partial charge >= 0.3 is 0 Å². The molecule has 80 valence electrons. The zero-order chi connectivity index (χ0) is 10.7. The van der Waals surface area contributed by atoms with E-state index in [0.29, 0.717) is 19.6 Å². The zero-order valence-electron chi connectivity index (χ0n) is 8.85. The third kappa shape index (κ3) is 2.36. The molecule has 0 bridgehead atoms. The molecule has 1 aromatic rings. The molecular formula is C12H15NO2. The molecule has 1 amide bonds. The van der Waals surface area contributed by atoms with Gasteiger partial charge in [0.2, 0.25) is 5.91 Å². The second-order valence-corrected chi connectivity index (χ2v) is 3.79. The van der Waals surface area contributed by atoms with Crippen molar-refractivity contribution in [2.75, 3.05) is 20.2 Å². The van der Waals surface area contributed by atoms with Gasteiger partial charge in [0.05, 0.1) is 19.6 Å². The van der Waals surface area contributed by atoms with E-state index >= 15 is 0 Å². The summed E-state index contributed by atoms with van der Waals surface area (Å²) in [6.45, 7) is 1.16. The fourth-order valence-corrected chi connectivity index (χ4v) is 1.75. The lowest BCUT2D eigenvalue weighted by atomic mass is 10.1. The summed E-state index contributed by atoms with van der Waals surface area (Å²) in [7, 11) is 1.83. The van der Waals surface area contributed by atoms with Gasteiger partial charge in [-0.05, 0) is 5.56 Å². The van der Waals surface area contributed by atoms with Gasteiger partial charge in [0.1, 0.15) is 6.10 Å². The van der Waals surface area contributed by atoms with Crippen molar-refractivity contribution in [3.05, 3.63) is 35.9 Å². The summed E-state index contributed by atoms with van der Waals surface area (Å²) < 4.78 is 5.67. The molecule has 0 unspecified atom stereocenters. The minimum absolute atomic E-state index is 0.0163. The maximum Gasteiger partial charge on any atom is 0.224 e. The first-order chi connectivity index (χ1) is 7.27. The second kappa shape index (κ2) is 4.45. The van der Waals surface area contributed by atoms with Gasteiger partial charge in [-0.1, -0.05) is 30.3 Å². The summed E-state index contributed by atoms with van der Waals surface area (Å²) >= 11 is 0. The Morgan fingerprint density at radius 1 is 1.33 bits per heavy atom. The van der Waals surface area contributed by atoms with E-state index in [9.17, 15) is 4.79 Å². The van der Waals surface area contributed by atoms with Gasteiger partial charge in [0.15, 0.2) is 0 Å². The maximum atomic E-state index is 11.4. The molecule has 0 spiro atoms. The van der Waals surface area contributed by atoms with E-state index in [0.717, 1.165) is 5.56 Å². The summed E-state index contributed by atoms with van der Waals surface area (Å²) in [4.78, 5) is 13.2. The average molecular weight is 205 g/mol. The fraction of sp³-hybridized carbons (Fsp3) is 0.417. The quantitative estimate of drug-likeness (QED) is 0.697. The highest BCUT2D eigenvalue weighted by molar-refractivity contribution is 5.76. The molecule has 2 rings (SSSR count). The molecule has 3 nitrogen and oxygen atoms in total. The van der Waals surface area contributed by atoms with Crippen molar-refractivity contribution in [2.24, 2.45) is 0 Å².